The standard InChI is InChI=1S/C10H15N3O2S/c1-7-6-16-9(12-7)5-13-3-2-11-4-8(13)10(14)15/h6,8,11H,2-5H2,1H3,(H,14,15). The Morgan fingerprint density at radius 1 is 1.81 bits per heavy atom. The van der Waals surface area contributed by atoms with Gasteiger partial charge < -0.3 is 10.4 Å². The van der Waals surface area contributed by atoms with Gasteiger partial charge in [0.25, 0.3) is 0 Å². The van der Waals surface area contributed by atoms with Crippen molar-refractivity contribution in [1.82, 2.24) is 15.2 Å². The normalized spacial score (nSPS) is 22.2. The maximum Gasteiger partial charge on any atom is 0.322 e. The smallest absolute Gasteiger partial charge is 0.322 e. The zero-order valence-corrected chi connectivity index (χ0v) is 9.96. The van der Waals surface area contributed by atoms with E-state index in [1.807, 2.05) is 17.2 Å². The largest absolute Gasteiger partial charge is 0.480 e. The van der Waals surface area contributed by atoms with Crippen LogP contribution in [0.4, 0.5) is 0 Å². The van der Waals surface area contributed by atoms with Crippen LogP contribution in [0.2, 0.25) is 0 Å². The van der Waals surface area contributed by atoms with Crippen molar-refractivity contribution >= 4 is 17.3 Å². The molecule has 0 spiro atoms. The van der Waals surface area contributed by atoms with Crippen molar-refractivity contribution in [1.29, 1.82) is 0 Å². The Kier molecular flexibility index (Phi) is 3.52. The monoisotopic (exact) mass is 241 g/mol. The van der Waals surface area contributed by atoms with Crippen molar-refractivity contribution in [2.24, 2.45) is 0 Å². The summed E-state index contributed by atoms with van der Waals surface area (Å²) in [6, 6.07) is -0.432. The zero-order chi connectivity index (χ0) is 11.5. The molecule has 0 saturated carbocycles. The fraction of sp³-hybridized carbons (Fsp3) is 0.600. The minimum Gasteiger partial charge on any atom is -0.480 e. The third-order valence-corrected chi connectivity index (χ3v) is 3.60. The molecule has 0 amide bonds. The molecular weight excluding hydrogens is 226 g/mol. The first-order valence-corrected chi connectivity index (χ1v) is 6.13. The van der Waals surface area contributed by atoms with Gasteiger partial charge in [0.1, 0.15) is 11.0 Å². The van der Waals surface area contributed by atoms with Gasteiger partial charge in [0.15, 0.2) is 0 Å². The number of thiazole rings is 1. The van der Waals surface area contributed by atoms with Crippen molar-refractivity contribution in [3.8, 4) is 0 Å². The van der Waals surface area contributed by atoms with Crippen LogP contribution in [0.15, 0.2) is 5.38 Å². The van der Waals surface area contributed by atoms with E-state index in [2.05, 4.69) is 10.3 Å². The molecule has 1 saturated heterocycles. The molecule has 16 heavy (non-hydrogen) atoms. The topological polar surface area (TPSA) is 65.5 Å². The molecule has 2 heterocycles. The molecule has 1 aromatic heterocycles. The summed E-state index contributed by atoms with van der Waals surface area (Å²) in [4.78, 5) is 17.4. The average Bonchev–Trinajstić information content (AvgIpc) is 2.64. The van der Waals surface area contributed by atoms with E-state index in [1.165, 1.54) is 0 Å². The van der Waals surface area contributed by atoms with E-state index in [4.69, 9.17) is 5.11 Å². The third-order valence-electron chi connectivity index (χ3n) is 2.64. The lowest BCUT2D eigenvalue weighted by Gasteiger charge is -2.32. The van der Waals surface area contributed by atoms with E-state index in [-0.39, 0.29) is 0 Å². The number of aliphatic carboxylic acids is 1. The summed E-state index contributed by atoms with van der Waals surface area (Å²) < 4.78 is 0. The number of carbonyl (C=O) groups is 1. The second-order valence-electron chi connectivity index (χ2n) is 3.91. The number of hydrogen-bond acceptors (Lipinski definition) is 5. The first-order valence-electron chi connectivity index (χ1n) is 5.25. The molecule has 0 aliphatic carbocycles. The molecule has 5 nitrogen and oxygen atoms in total. The Balaban J connectivity index is 2.03. The van der Waals surface area contributed by atoms with Gasteiger partial charge >= 0.3 is 5.97 Å². The van der Waals surface area contributed by atoms with Gasteiger partial charge in [-0.05, 0) is 6.92 Å². The first kappa shape index (κ1) is 11.5. The third kappa shape index (κ3) is 2.58. The fourth-order valence-corrected chi connectivity index (χ4v) is 2.62. The second kappa shape index (κ2) is 4.90. The van der Waals surface area contributed by atoms with E-state index in [9.17, 15) is 4.79 Å². The molecule has 0 radical (unpaired) electrons. The molecule has 2 rings (SSSR count). The van der Waals surface area contributed by atoms with E-state index in [1.54, 1.807) is 11.3 Å². The molecule has 1 fully saturated rings. The van der Waals surface area contributed by atoms with Gasteiger partial charge in [-0.3, -0.25) is 9.69 Å². The number of carboxylic acid groups (broad SMARTS) is 1. The van der Waals surface area contributed by atoms with Crippen LogP contribution in [0.25, 0.3) is 0 Å². The predicted octanol–water partition coefficient (Wildman–Crippen LogP) is 0.310. The molecule has 1 aromatic rings. The number of nitrogens with zero attached hydrogens (tertiary/aromatic N) is 2. The van der Waals surface area contributed by atoms with Gasteiger partial charge in [0.2, 0.25) is 0 Å². The van der Waals surface area contributed by atoms with Gasteiger partial charge in [-0.1, -0.05) is 0 Å². The number of piperazine rings is 1. The lowest BCUT2D eigenvalue weighted by molar-refractivity contribution is -0.144. The molecule has 2 N–H and O–H groups in total. The van der Waals surface area contributed by atoms with Gasteiger partial charge in [0, 0.05) is 30.7 Å². The van der Waals surface area contributed by atoms with Crippen molar-refractivity contribution in [2.45, 2.75) is 19.5 Å². The number of carboxylic acids is 1. The number of nitrogens with one attached hydrogen (secondary N) is 1. The lowest BCUT2D eigenvalue weighted by atomic mass is 10.2. The summed E-state index contributed by atoms with van der Waals surface area (Å²) in [7, 11) is 0. The lowest BCUT2D eigenvalue weighted by Crippen LogP contribution is -2.54. The summed E-state index contributed by atoms with van der Waals surface area (Å²) in [5.74, 6) is -0.763. The zero-order valence-electron chi connectivity index (χ0n) is 9.14. The van der Waals surface area contributed by atoms with Crippen LogP contribution in [0.5, 0.6) is 0 Å². The van der Waals surface area contributed by atoms with Gasteiger partial charge in [-0.25, -0.2) is 4.98 Å². The maximum absolute atomic E-state index is 11.1. The molecule has 88 valence electrons. The van der Waals surface area contributed by atoms with E-state index in [0.717, 1.165) is 23.8 Å². The molecule has 1 atom stereocenters. The molecule has 1 aliphatic rings. The molecule has 0 aromatic carbocycles. The highest BCUT2D eigenvalue weighted by molar-refractivity contribution is 7.09. The van der Waals surface area contributed by atoms with Crippen molar-refractivity contribution in [2.75, 3.05) is 19.6 Å². The highest BCUT2D eigenvalue weighted by Gasteiger charge is 2.28. The fourth-order valence-electron chi connectivity index (χ4n) is 1.83. The van der Waals surface area contributed by atoms with Crippen LogP contribution >= 0.6 is 11.3 Å². The Hall–Kier alpha value is -0.980. The van der Waals surface area contributed by atoms with Crippen LogP contribution in [-0.4, -0.2) is 46.6 Å². The minimum absolute atomic E-state index is 0.432. The second-order valence-corrected chi connectivity index (χ2v) is 4.85. The Morgan fingerprint density at radius 3 is 3.25 bits per heavy atom. The highest BCUT2D eigenvalue weighted by Crippen LogP contribution is 2.14. The van der Waals surface area contributed by atoms with Crippen LogP contribution in [0, 0.1) is 6.92 Å². The van der Waals surface area contributed by atoms with Crippen molar-refractivity contribution < 1.29 is 9.90 Å². The van der Waals surface area contributed by atoms with E-state index < -0.39 is 12.0 Å². The maximum atomic E-state index is 11.1. The molecular formula is C10H15N3O2S. The number of aryl methyl sites for hydroxylation is 1. The summed E-state index contributed by atoms with van der Waals surface area (Å²) in [5, 5.41) is 15.2. The Bertz CT molecular complexity index is 380. The quantitative estimate of drug-likeness (QED) is 0.797. The van der Waals surface area contributed by atoms with Gasteiger partial charge in [-0.2, -0.15) is 0 Å². The number of aromatic nitrogens is 1. The highest BCUT2D eigenvalue weighted by atomic mass is 32.1. The summed E-state index contributed by atoms with van der Waals surface area (Å²) >= 11 is 1.59. The minimum atomic E-state index is -0.763. The molecule has 1 aliphatic heterocycles. The van der Waals surface area contributed by atoms with Crippen LogP contribution in [0.1, 0.15) is 10.7 Å². The van der Waals surface area contributed by atoms with E-state index >= 15 is 0 Å². The van der Waals surface area contributed by atoms with Crippen LogP contribution in [0.3, 0.4) is 0 Å². The molecule has 0 bridgehead atoms. The SMILES string of the molecule is Cc1csc(CN2CCNCC2C(=O)O)n1. The van der Waals surface area contributed by atoms with E-state index in [0.29, 0.717) is 13.1 Å². The summed E-state index contributed by atoms with van der Waals surface area (Å²) in [5.41, 5.74) is 1.00. The van der Waals surface area contributed by atoms with Gasteiger partial charge in [0.05, 0.1) is 6.54 Å². The number of hydrogen-bond donors (Lipinski definition) is 2. The van der Waals surface area contributed by atoms with Crippen molar-refractivity contribution in [3.63, 3.8) is 0 Å². The summed E-state index contributed by atoms with van der Waals surface area (Å²) in [6.07, 6.45) is 0. The molecule has 6 heteroatoms. The summed E-state index contributed by atoms with van der Waals surface area (Å²) in [6.45, 7) is 4.70. The van der Waals surface area contributed by atoms with Gasteiger partial charge in [-0.15, -0.1) is 11.3 Å². The molecule has 1 unspecified atom stereocenters. The number of rotatable bonds is 3. The Morgan fingerprint density at radius 2 is 2.62 bits per heavy atom. The predicted molar refractivity (Wildman–Crippen MR) is 61.6 cm³/mol. The Labute approximate surface area is 98.1 Å². The van der Waals surface area contributed by atoms with Crippen LogP contribution < -0.4 is 5.32 Å². The van der Waals surface area contributed by atoms with Crippen molar-refractivity contribution in [3.05, 3.63) is 16.1 Å². The first-order chi connectivity index (χ1) is 7.66. The average molecular weight is 241 g/mol. The van der Waals surface area contributed by atoms with Crippen LogP contribution in [-0.2, 0) is 11.3 Å².